The number of nitrogens with two attached hydrogens (primary N) is 2. The van der Waals surface area contributed by atoms with E-state index in [0.29, 0.717) is 17.9 Å². The van der Waals surface area contributed by atoms with Gasteiger partial charge >= 0.3 is 0 Å². The number of H-pyrrole nitrogens is 1. The van der Waals surface area contributed by atoms with Crippen LogP contribution in [-0.4, -0.2) is 35.0 Å². The minimum absolute atomic E-state index is 0.0894. The number of aromatic amines is 1. The van der Waals surface area contributed by atoms with Gasteiger partial charge in [-0.05, 0) is 48.4 Å². The molecular weight excluding hydrogens is 369 g/mol. The van der Waals surface area contributed by atoms with E-state index in [0.717, 1.165) is 35.5 Å². The highest BCUT2D eigenvalue weighted by molar-refractivity contribution is 5.99. The topological polar surface area (TPSA) is 101 Å². The maximum Gasteiger partial charge on any atom is 0.252 e. The Labute approximate surface area is 168 Å². The van der Waals surface area contributed by atoms with Gasteiger partial charge in [0.15, 0.2) is 0 Å². The molecule has 6 nitrogen and oxygen atoms in total. The largest absolute Gasteiger partial charge is 0.365 e. The maximum absolute atomic E-state index is 13.0. The van der Waals surface area contributed by atoms with Gasteiger partial charge in [-0.15, -0.1) is 0 Å². The second kappa shape index (κ2) is 7.89. The number of primary amides is 1. The molecule has 1 amide bonds. The lowest BCUT2D eigenvalue weighted by atomic mass is 10.1. The highest BCUT2D eigenvalue weighted by atomic mass is 19.1. The number of aromatic nitrogens is 2. The third-order valence-corrected chi connectivity index (χ3v) is 5.01. The number of halogens is 1. The summed E-state index contributed by atoms with van der Waals surface area (Å²) in [4.78, 5) is 21.7. The summed E-state index contributed by atoms with van der Waals surface area (Å²) in [6.07, 6.45) is 6.30. The first kappa shape index (κ1) is 18.9. The van der Waals surface area contributed by atoms with Crippen LogP contribution in [-0.2, 0) is 0 Å². The molecule has 1 atom stereocenters. The van der Waals surface area contributed by atoms with Gasteiger partial charge in [-0.3, -0.25) is 9.78 Å². The predicted octanol–water partition coefficient (Wildman–Crippen LogP) is 3.02. The van der Waals surface area contributed by atoms with Crippen molar-refractivity contribution in [1.82, 2.24) is 9.97 Å². The number of benzene rings is 1. The van der Waals surface area contributed by atoms with Gasteiger partial charge in [0.05, 0.1) is 11.3 Å². The Kier molecular flexibility index (Phi) is 5.14. The normalized spacial score (nSPS) is 16.6. The number of nitrogens with zero attached hydrogens (tertiary/aromatic N) is 2. The van der Waals surface area contributed by atoms with Crippen LogP contribution in [0.5, 0.6) is 0 Å². The van der Waals surface area contributed by atoms with Crippen LogP contribution in [0.25, 0.3) is 23.4 Å². The highest BCUT2D eigenvalue weighted by Crippen LogP contribution is 2.29. The molecule has 5 N–H and O–H groups in total. The van der Waals surface area contributed by atoms with Gasteiger partial charge in [0, 0.05) is 36.6 Å². The molecule has 3 aromatic rings. The summed E-state index contributed by atoms with van der Waals surface area (Å²) < 4.78 is 13.0. The summed E-state index contributed by atoms with van der Waals surface area (Å²) in [5, 5.41) is 0. The van der Waals surface area contributed by atoms with Crippen molar-refractivity contribution in [2.75, 3.05) is 18.0 Å². The van der Waals surface area contributed by atoms with Crippen LogP contribution >= 0.6 is 0 Å². The minimum Gasteiger partial charge on any atom is -0.365 e. The van der Waals surface area contributed by atoms with Gasteiger partial charge < -0.3 is 21.4 Å². The lowest BCUT2D eigenvalue weighted by Gasteiger charge is -2.17. The van der Waals surface area contributed by atoms with Crippen molar-refractivity contribution in [3.63, 3.8) is 0 Å². The molecule has 0 spiro atoms. The molecule has 0 unspecified atom stereocenters. The lowest BCUT2D eigenvalue weighted by Crippen LogP contribution is -2.28. The van der Waals surface area contributed by atoms with E-state index in [1.165, 1.54) is 12.1 Å². The van der Waals surface area contributed by atoms with Crippen LogP contribution in [0.4, 0.5) is 10.2 Å². The maximum atomic E-state index is 13.0. The fraction of sp³-hybridized carbons (Fsp3) is 0.182. The number of carbonyl (C=O) groups excluding carboxylic acids is 1. The Morgan fingerprint density at radius 3 is 2.69 bits per heavy atom. The van der Waals surface area contributed by atoms with E-state index < -0.39 is 5.91 Å². The van der Waals surface area contributed by atoms with Crippen LogP contribution in [0.15, 0.2) is 48.7 Å². The molecule has 7 heteroatoms. The molecule has 0 aliphatic carbocycles. The van der Waals surface area contributed by atoms with E-state index in [4.69, 9.17) is 11.5 Å². The highest BCUT2D eigenvalue weighted by Gasteiger charge is 2.25. The first-order chi connectivity index (χ1) is 14.0. The summed E-state index contributed by atoms with van der Waals surface area (Å²) in [7, 11) is 0. The van der Waals surface area contributed by atoms with Gasteiger partial charge in [0.25, 0.3) is 5.91 Å². The zero-order valence-electron chi connectivity index (χ0n) is 15.8. The van der Waals surface area contributed by atoms with Crippen molar-refractivity contribution in [2.24, 2.45) is 11.5 Å². The second-order valence-electron chi connectivity index (χ2n) is 7.16. The van der Waals surface area contributed by atoms with E-state index >= 15 is 0 Å². The monoisotopic (exact) mass is 391 g/mol. The molecular formula is C22H22FN5O. The molecule has 1 aliphatic rings. The van der Waals surface area contributed by atoms with Gasteiger partial charge in [-0.25, -0.2) is 4.39 Å². The van der Waals surface area contributed by atoms with Gasteiger partial charge in [0.2, 0.25) is 0 Å². The number of anilines is 1. The number of nitrogens with one attached hydrogen (secondary N) is 1. The molecule has 148 valence electrons. The Morgan fingerprint density at radius 2 is 2.00 bits per heavy atom. The Hall–Kier alpha value is -3.45. The zero-order chi connectivity index (χ0) is 20.4. The number of amides is 1. The van der Waals surface area contributed by atoms with Crippen LogP contribution in [0, 0.1) is 5.82 Å². The Bertz CT molecular complexity index is 1060. The number of hydrogen-bond acceptors (Lipinski definition) is 4. The van der Waals surface area contributed by atoms with Gasteiger partial charge in [-0.1, -0.05) is 18.2 Å². The van der Waals surface area contributed by atoms with Crippen LogP contribution in [0.3, 0.4) is 0 Å². The van der Waals surface area contributed by atoms with Crippen molar-refractivity contribution in [3.05, 3.63) is 71.3 Å². The third kappa shape index (κ3) is 4.20. The molecule has 1 aliphatic heterocycles. The predicted molar refractivity (Wildman–Crippen MR) is 113 cm³/mol. The molecule has 3 heterocycles. The zero-order valence-corrected chi connectivity index (χ0v) is 15.8. The van der Waals surface area contributed by atoms with Crippen LogP contribution < -0.4 is 16.4 Å². The summed E-state index contributed by atoms with van der Waals surface area (Å²) >= 11 is 0. The molecule has 2 aromatic heterocycles. The summed E-state index contributed by atoms with van der Waals surface area (Å²) in [6, 6.07) is 11.9. The molecule has 1 aromatic carbocycles. The van der Waals surface area contributed by atoms with Crippen molar-refractivity contribution in [3.8, 4) is 11.3 Å². The summed E-state index contributed by atoms with van der Waals surface area (Å²) in [6.45, 7) is 1.46. The van der Waals surface area contributed by atoms with Gasteiger partial charge in [0.1, 0.15) is 11.6 Å². The molecule has 0 bridgehead atoms. The van der Waals surface area contributed by atoms with Crippen molar-refractivity contribution >= 4 is 23.9 Å². The fourth-order valence-corrected chi connectivity index (χ4v) is 3.49. The van der Waals surface area contributed by atoms with Crippen LogP contribution in [0.1, 0.15) is 28.0 Å². The van der Waals surface area contributed by atoms with Crippen molar-refractivity contribution in [1.29, 1.82) is 0 Å². The molecule has 1 saturated heterocycles. The van der Waals surface area contributed by atoms with E-state index in [1.807, 2.05) is 24.3 Å². The van der Waals surface area contributed by atoms with E-state index in [1.54, 1.807) is 24.4 Å². The Balaban J connectivity index is 1.62. The SMILES string of the molecule is NC(=O)c1cc(-c2ccnc(/C=C/c3ccc(F)cc3)c2)[nH]c1N1CC[C@@H](N)C1. The molecule has 4 rings (SSSR count). The number of rotatable bonds is 5. The number of carbonyl (C=O) groups is 1. The minimum atomic E-state index is -0.478. The molecule has 0 radical (unpaired) electrons. The average Bonchev–Trinajstić information content (AvgIpc) is 3.34. The van der Waals surface area contributed by atoms with Crippen molar-refractivity contribution in [2.45, 2.75) is 12.5 Å². The first-order valence-corrected chi connectivity index (χ1v) is 9.43. The number of hydrogen-bond donors (Lipinski definition) is 3. The van der Waals surface area contributed by atoms with Crippen LogP contribution in [0.2, 0.25) is 0 Å². The van der Waals surface area contributed by atoms with E-state index in [2.05, 4.69) is 14.9 Å². The number of pyridine rings is 1. The molecule has 0 saturated carbocycles. The summed E-state index contributed by atoms with van der Waals surface area (Å²) in [5.41, 5.74) is 15.3. The first-order valence-electron chi connectivity index (χ1n) is 9.43. The van der Waals surface area contributed by atoms with E-state index in [9.17, 15) is 9.18 Å². The lowest BCUT2D eigenvalue weighted by molar-refractivity contribution is 0.100. The summed E-state index contributed by atoms with van der Waals surface area (Å²) in [5.74, 6) is -0.0387. The molecule has 1 fully saturated rings. The van der Waals surface area contributed by atoms with Gasteiger partial charge in [-0.2, -0.15) is 0 Å². The average molecular weight is 391 g/mol. The fourth-order valence-electron chi connectivity index (χ4n) is 3.49. The smallest absolute Gasteiger partial charge is 0.252 e. The molecule has 29 heavy (non-hydrogen) atoms. The third-order valence-electron chi connectivity index (χ3n) is 5.01. The Morgan fingerprint density at radius 1 is 1.21 bits per heavy atom. The quantitative estimate of drug-likeness (QED) is 0.622. The second-order valence-corrected chi connectivity index (χ2v) is 7.16. The standard InChI is InChI=1S/C22H22FN5O/c23-16-4-1-14(2-5-16)3-6-18-11-15(7-9-26-18)20-12-19(21(25)29)22(27-20)28-10-8-17(24)13-28/h1-7,9,11-12,17,27H,8,10,13,24H2,(H2,25,29)/b6-3+/t17-/m1/s1. The van der Waals surface area contributed by atoms with E-state index in [-0.39, 0.29) is 11.9 Å². The van der Waals surface area contributed by atoms with Crippen molar-refractivity contribution < 1.29 is 9.18 Å².